The fraction of sp³-hybridized carbons (Fsp3) is 0.0588. The van der Waals surface area contributed by atoms with Crippen molar-refractivity contribution in [2.24, 2.45) is 0 Å². The summed E-state index contributed by atoms with van der Waals surface area (Å²) in [6, 6.07) is 10.9. The standard InChI is InChI=1S/C17H12Cl2FN3O3S/c1-22(15-5-3-2-4-14(15)20)27(25,26)12-8-6-11(7-9-12)23-17(24)16(19)13(18)10-21-23/h2-10H,1H3. The molecule has 0 atom stereocenters. The van der Waals surface area contributed by atoms with Crippen molar-refractivity contribution in [2.75, 3.05) is 11.4 Å². The minimum Gasteiger partial charge on any atom is -0.266 e. The summed E-state index contributed by atoms with van der Waals surface area (Å²) in [5.41, 5.74) is -0.418. The molecular weight excluding hydrogens is 416 g/mol. The summed E-state index contributed by atoms with van der Waals surface area (Å²) >= 11 is 11.6. The Morgan fingerprint density at radius 1 is 1.07 bits per heavy atom. The lowest BCUT2D eigenvalue weighted by Crippen LogP contribution is -2.27. The highest BCUT2D eigenvalue weighted by molar-refractivity contribution is 7.92. The van der Waals surface area contributed by atoms with Gasteiger partial charge < -0.3 is 0 Å². The molecule has 2 aromatic carbocycles. The van der Waals surface area contributed by atoms with E-state index < -0.39 is 21.4 Å². The van der Waals surface area contributed by atoms with Gasteiger partial charge in [0.2, 0.25) is 0 Å². The number of anilines is 1. The second-order valence-corrected chi connectivity index (χ2v) is 8.20. The summed E-state index contributed by atoms with van der Waals surface area (Å²) in [4.78, 5) is 12.0. The average Bonchev–Trinajstić information content (AvgIpc) is 2.66. The van der Waals surface area contributed by atoms with Crippen molar-refractivity contribution in [3.63, 3.8) is 0 Å². The van der Waals surface area contributed by atoms with E-state index in [4.69, 9.17) is 23.2 Å². The van der Waals surface area contributed by atoms with Crippen LogP contribution in [0.1, 0.15) is 0 Å². The minimum absolute atomic E-state index is 0.0172. The highest BCUT2D eigenvalue weighted by atomic mass is 35.5. The molecule has 0 amide bonds. The molecule has 0 N–H and O–H groups in total. The molecule has 27 heavy (non-hydrogen) atoms. The maximum absolute atomic E-state index is 13.9. The van der Waals surface area contributed by atoms with Crippen molar-refractivity contribution >= 4 is 38.9 Å². The van der Waals surface area contributed by atoms with Crippen LogP contribution in [0.5, 0.6) is 0 Å². The zero-order valence-corrected chi connectivity index (χ0v) is 16.1. The van der Waals surface area contributed by atoms with Gasteiger partial charge in [-0.05, 0) is 36.4 Å². The van der Waals surface area contributed by atoms with Crippen LogP contribution in [0, 0.1) is 5.82 Å². The van der Waals surface area contributed by atoms with Crippen LogP contribution in [0.3, 0.4) is 0 Å². The molecule has 0 bridgehead atoms. The third-order valence-corrected chi connectivity index (χ3v) is 6.34. The molecule has 0 radical (unpaired) electrons. The third-order valence-electron chi connectivity index (χ3n) is 3.81. The van der Waals surface area contributed by atoms with E-state index in [2.05, 4.69) is 5.10 Å². The lowest BCUT2D eigenvalue weighted by molar-refractivity contribution is 0.589. The van der Waals surface area contributed by atoms with Crippen LogP contribution in [0.25, 0.3) is 5.69 Å². The summed E-state index contributed by atoms with van der Waals surface area (Å²) in [7, 11) is -2.74. The van der Waals surface area contributed by atoms with E-state index in [9.17, 15) is 17.6 Å². The molecule has 0 unspecified atom stereocenters. The lowest BCUT2D eigenvalue weighted by Gasteiger charge is -2.20. The van der Waals surface area contributed by atoms with Crippen LogP contribution >= 0.6 is 23.2 Å². The molecule has 0 aliphatic rings. The summed E-state index contributed by atoms with van der Waals surface area (Å²) in [5, 5.41) is 3.70. The molecule has 10 heteroatoms. The van der Waals surface area contributed by atoms with Gasteiger partial charge in [0.1, 0.15) is 10.8 Å². The number of sulfonamides is 1. The van der Waals surface area contributed by atoms with Gasteiger partial charge in [-0.15, -0.1) is 0 Å². The fourth-order valence-electron chi connectivity index (χ4n) is 2.35. The van der Waals surface area contributed by atoms with E-state index in [-0.39, 0.29) is 20.6 Å². The third kappa shape index (κ3) is 3.55. The zero-order chi connectivity index (χ0) is 19.8. The predicted molar refractivity (Wildman–Crippen MR) is 102 cm³/mol. The number of hydrogen-bond acceptors (Lipinski definition) is 4. The van der Waals surface area contributed by atoms with Gasteiger partial charge in [0.25, 0.3) is 15.6 Å². The molecule has 0 aliphatic carbocycles. The van der Waals surface area contributed by atoms with Crippen LogP contribution in [-0.2, 0) is 10.0 Å². The van der Waals surface area contributed by atoms with E-state index >= 15 is 0 Å². The molecule has 140 valence electrons. The first-order chi connectivity index (χ1) is 12.7. The highest BCUT2D eigenvalue weighted by Crippen LogP contribution is 2.25. The second-order valence-electron chi connectivity index (χ2n) is 5.44. The molecule has 1 aromatic heterocycles. The number of hydrogen-bond donors (Lipinski definition) is 0. The molecule has 0 aliphatic heterocycles. The first kappa shape index (κ1) is 19.3. The van der Waals surface area contributed by atoms with Crippen molar-refractivity contribution in [1.29, 1.82) is 0 Å². The van der Waals surface area contributed by atoms with Crippen LogP contribution in [0.15, 0.2) is 64.4 Å². The molecule has 3 aromatic rings. The van der Waals surface area contributed by atoms with Gasteiger partial charge in [0.05, 0.1) is 27.5 Å². The topological polar surface area (TPSA) is 72.3 Å². The number of halogens is 3. The number of para-hydroxylation sites is 1. The second kappa shape index (κ2) is 7.30. The van der Waals surface area contributed by atoms with Gasteiger partial charge in [-0.25, -0.2) is 12.8 Å². The predicted octanol–water partition coefficient (Wildman–Crippen LogP) is 3.50. The molecule has 0 spiro atoms. The molecule has 0 saturated heterocycles. The van der Waals surface area contributed by atoms with E-state index in [1.165, 1.54) is 61.8 Å². The monoisotopic (exact) mass is 427 g/mol. The Morgan fingerprint density at radius 2 is 1.70 bits per heavy atom. The molecule has 6 nitrogen and oxygen atoms in total. The Hall–Kier alpha value is -2.42. The average molecular weight is 428 g/mol. The van der Waals surface area contributed by atoms with Crippen molar-refractivity contribution < 1.29 is 12.8 Å². The quantitative estimate of drug-likeness (QED) is 0.638. The molecule has 3 rings (SSSR count). The minimum atomic E-state index is -4.00. The Kier molecular flexibility index (Phi) is 5.23. The summed E-state index contributed by atoms with van der Waals surface area (Å²) in [5.74, 6) is -0.660. The number of rotatable bonds is 4. The maximum atomic E-state index is 13.9. The Morgan fingerprint density at radius 3 is 2.33 bits per heavy atom. The van der Waals surface area contributed by atoms with Gasteiger partial charge in [0, 0.05) is 7.05 Å². The number of benzene rings is 2. The van der Waals surface area contributed by atoms with Gasteiger partial charge in [-0.1, -0.05) is 35.3 Å². The smallest absolute Gasteiger partial charge is 0.266 e. The largest absolute Gasteiger partial charge is 0.291 e. The first-order valence-electron chi connectivity index (χ1n) is 7.50. The van der Waals surface area contributed by atoms with Crippen molar-refractivity contribution in [2.45, 2.75) is 4.90 Å². The van der Waals surface area contributed by atoms with E-state index in [0.717, 1.165) is 8.99 Å². The maximum Gasteiger partial charge on any atom is 0.291 e. The number of nitrogens with zero attached hydrogens (tertiary/aromatic N) is 3. The Bertz CT molecular complexity index is 1160. The van der Waals surface area contributed by atoms with E-state index in [0.29, 0.717) is 5.69 Å². The Balaban J connectivity index is 1.99. The normalized spacial score (nSPS) is 11.4. The van der Waals surface area contributed by atoms with Gasteiger partial charge in [0.15, 0.2) is 0 Å². The molecule has 0 fully saturated rings. The lowest BCUT2D eigenvalue weighted by atomic mass is 10.3. The highest BCUT2D eigenvalue weighted by Gasteiger charge is 2.23. The Labute approximate surface area is 164 Å². The van der Waals surface area contributed by atoms with E-state index in [1.807, 2.05) is 0 Å². The van der Waals surface area contributed by atoms with Gasteiger partial charge in [-0.2, -0.15) is 9.78 Å². The van der Waals surface area contributed by atoms with E-state index in [1.54, 1.807) is 0 Å². The summed E-state index contributed by atoms with van der Waals surface area (Å²) in [6.45, 7) is 0. The SMILES string of the molecule is CN(c1ccccc1F)S(=O)(=O)c1ccc(-n2ncc(Cl)c(Cl)c2=O)cc1. The van der Waals surface area contributed by atoms with Gasteiger partial charge >= 0.3 is 0 Å². The van der Waals surface area contributed by atoms with Crippen molar-refractivity contribution in [3.8, 4) is 5.69 Å². The molecule has 0 saturated carbocycles. The first-order valence-corrected chi connectivity index (χ1v) is 9.70. The van der Waals surface area contributed by atoms with Crippen LogP contribution < -0.4 is 9.86 Å². The number of aromatic nitrogens is 2. The zero-order valence-electron chi connectivity index (χ0n) is 13.8. The van der Waals surface area contributed by atoms with Crippen molar-refractivity contribution in [3.05, 3.63) is 80.9 Å². The molecule has 1 heterocycles. The van der Waals surface area contributed by atoms with Gasteiger partial charge in [-0.3, -0.25) is 9.10 Å². The molecular formula is C17H12Cl2FN3O3S. The van der Waals surface area contributed by atoms with Crippen LogP contribution in [0.2, 0.25) is 10.0 Å². The van der Waals surface area contributed by atoms with Crippen LogP contribution in [-0.4, -0.2) is 25.2 Å². The summed E-state index contributed by atoms with van der Waals surface area (Å²) in [6.07, 6.45) is 1.21. The summed E-state index contributed by atoms with van der Waals surface area (Å²) < 4.78 is 41.2. The van der Waals surface area contributed by atoms with Crippen molar-refractivity contribution in [1.82, 2.24) is 9.78 Å². The fourth-order valence-corrected chi connectivity index (χ4v) is 3.81. The van der Waals surface area contributed by atoms with Crippen LogP contribution in [0.4, 0.5) is 10.1 Å².